The first-order valence-electron chi connectivity index (χ1n) is 6.65. The SMILES string of the molecule is CC(=O)Nc1cc(NC(C)CSC(C)(C)C)ccc1F. The van der Waals surface area contributed by atoms with Gasteiger partial charge < -0.3 is 10.6 Å². The van der Waals surface area contributed by atoms with E-state index in [2.05, 4.69) is 38.3 Å². The Bertz CT molecular complexity index is 471. The molecule has 0 aromatic heterocycles. The van der Waals surface area contributed by atoms with Crippen molar-refractivity contribution in [2.24, 2.45) is 0 Å². The van der Waals surface area contributed by atoms with Crippen molar-refractivity contribution in [3.63, 3.8) is 0 Å². The molecule has 20 heavy (non-hydrogen) atoms. The predicted molar refractivity (Wildman–Crippen MR) is 86.0 cm³/mol. The summed E-state index contributed by atoms with van der Waals surface area (Å²) in [5, 5.41) is 5.80. The van der Waals surface area contributed by atoms with Crippen molar-refractivity contribution in [3.05, 3.63) is 24.0 Å². The van der Waals surface area contributed by atoms with Crippen LogP contribution in [-0.4, -0.2) is 22.4 Å². The van der Waals surface area contributed by atoms with Crippen LogP contribution in [0.4, 0.5) is 15.8 Å². The number of amides is 1. The highest BCUT2D eigenvalue weighted by Gasteiger charge is 2.13. The summed E-state index contributed by atoms with van der Waals surface area (Å²) < 4.78 is 13.7. The molecule has 0 heterocycles. The summed E-state index contributed by atoms with van der Waals surface area (Å²) in [7, 11) is 0. The average Bonchev–Trinajstić information content (AvgIpc) is 2.29. The molecule has 1 aromatic rings. The molecule has 3 nitrogen and oxygen atoms in total. The lowest BCUT2D eigenvalue weighted by Crippen LogP contribution is -2.21. The first-order chi connectivity index (χ1) is 9.17. The summed E-state index contributed by atoms with van der Waals surface area (Å²) in [6.07, 6.45) is 0. The van der Waals surface area contributed by atoms with Gasteiger partial charge in [0.2, 0.25) is 5.91 Å². The molecule has 0 spiro atoms. The maximum Gasteiger partial charge on any atom is 0.221 e. The zero-order chi connectivity index (χ0) is 15.3. The van der Waals surface area contributed by atoms with Crippen LogP contribution in [0.15, 0.2) is 18.2 Å². The number of nitrogens with one attached hydrogen (secondary N) is 2. The first kappa shape index (κ1) is 16.8. The van der Waals surface area contributed by atoms with E-state index < -0.39 is 5.82 Å². The van der Waals surface area contributed by atoms with Gasteiger partial charge in [-0.1, -0.05) is 20.8 Å². The number of benzene rings is 1. The smallest absolute Gasteiger partial charge is 0.221 e. The Hall–Kier alpha value is -1.23. The lowest BCUT2D eigenvalue weighted by atomic mass is 10.2. The minimum absolute atomic E-state index is 0.207. The van der Waals surface area contributed by atoms with Gasteiger partial charge in [0, 0.05) is 29.2 Å². The molecule has 0 aliphatic heterocycles. The number of halogens is 1. The van der Waals surface area contributed by atoms with E-state index in [1.165, 1.54) is 13.0 Å². The van der Waals surface area contributed by atoms with Crippen LogP contribution in [0, 0.1) is 5.82 Å². The van der Waals surface area contributed by atoms with E-state index in [0.29, 0.717) is 0 Å². The van der Waals surface area contributed by atoms with Crippen LogP contribution in [0.3, 0.4) is 0 Å². The van der Waals surface area contributed by atoms with E-state index in [9.17, 15) is 9.18 Å². The van der Waals surface area contributed by atoms with Gasteiger partial charge in [0.15, 0.2) is 0 Å². The molecule has 0 radical (unpaired) electrons. The van der Waals surface area contributed by atoms with Crippen LogP contribution in [0.1, 0.15) is 34.6 Å². The van der Waals surface area contributed by atoms with E-state index in [0.717, 1.165) is 11.4 Å². The number of rotatable bonds is 5. The molecule has 1 amide bonds. The van der Waals surface area contributed by atoms with E-state index in [1.807, 2.05) is 11.8 Å². The van der Waals surface area contributed by atoms with E-state index >= 15 is 0 Å². The molecule has 0 saturated carbocycles. The second kappa shape index (κ2) is 6.97. The number of hydrogen-bond acceptors (Lipinski definition) is 3. The van der Waals surface area contributed by atoms with Crippen molar-refractivity contribution < 1.29 is 9.18 Å². The van der Waals surface area contributed by atoms with Gasteiger partial charge in [-0.05, 0) is 25.1 Å². The molecule has 2 N–H and O–H groups in total. The van der Waals surface area contributed by atoms with Crippen molar-refractivity contribution in [1.82, 2.24) is 0 Å². The second-order valence-corrected chi connectivity index (χ2v) is 7.69. The molecular formula is C15H23FN2OS. The highest BCUT2D eigenvalue weighted by Crippen LogP contribution is 2.25. The molecule has 5 heteroatoms. The summed E-state index contributed by atoms with van der Waals surface area (Å²) in [5.41, 5.74) is 1.01. The number of carbonyl (C=O) groups is 1. The van der Waals surface area contributed by atoms with Crippen molar-refractivity contribution in [2.45, 2.75) is 45.4 Å². The number of anilines is 2. The Morgan fingerprint density at radius 2 is 2.05 bits per heavy atom. The number of hydrogen-bond donors (Lipinski definition) is 2. The highest BCUT2D eigenvalue weighted by molar-refractivity contribution is 8.00. The number of carbonyl (C=O) groups excluding carboxylic acids is 1. The second-order valence-electron chi connectivity index (χ2n) is 5.84. The van der Waals surface area contributed by atoms with Gasteiger partial charge in [0.25, 0.3) is 0 Å². The third-order valence-electron chi connectivity index (χ3n) is 2.46. The molecule has 0 aliphatic rings. The number of thioether (sulfide) groups is 1. The molecular weight excluding hydrogens is 275 g/mol. The Morgan fingerprint density at radius 1 is 1.40 bits per heavy atom. The maximum absolute atomic E-state index is 13.5. The predicted octanol–water partition coefficient (Wildman–Crippen LogP) is 4.12. The zero-order valence-corrected chi connectivity index (χ0v) is 13.5. The van der Waals surface area contributed by atoms with Gasteiger partial charge >= 0.3 is 0 Å². The van der Waals surface area contributed by atoms with Crippen molar-refractivity contribution in [1.29, 1.82) is 0 Å². The van der Waals surface area contributed by atoms with Gasteiger partial charge in [0.05, 0.1) is 5.69 Å². The summed E-state index contributed by atoms with van der Waals surface area (Å²) in [6, 6.07) is 4.92. The van der Waals surface area contributed by atoms with Crippen LogP contribution >= 0.6 is 11.8 Å². The fourth-order valence-electron chi connectivity index (χ4n) is 1.60. The van der Waals surface area contributed by atoms with Gasteiger partial charge in [-0.2, -0.15) is 11.8 Å². The van der Waals surface area contributed by atoms with Gasteiger partial charge in [-0.15, -0.1) is 0 Å². The Kier molecular flexibility index (Phi) is 5.87. The van der Waals surface area contributed by atoms with Crippen molar-refractivity contribution in [2.75, 3.05) is 16.4 Å². The van der Waals surface area contributed by atoms with E-state index in [4.69, 9.17) is 0 Å². The molecule has 112 valence electrons. The third kappa shape index (κ3) is 6.28. The molecule has 1 atom stereocenters. The Labute approximate surface area is 124 Å². The van der Waals surface area contributed by atoms with Crippen LogP contribution in [0.2, 0.25) is 0 Å². The minimum atomic E-state index is -0.428. The van der Waals surface area contributed by atoms with Crippen LogP contribution in [0.25, 0.3) is 0 Å². The molecule has 0 aliphatic carbocycles. The van der Waals surface area contributed by atoms with Crippen molar-refractivity contribution >= 4 is 29.0 Å². The molecule has 0 saturated heterocycles. The quantitative estimate of drug-likeness (QED) is 0.859. The fourth-order valence-corrected chi connectivity index (χ4v) is 2.44. The zero-order valence-electron chi connectivity index (χ0n) is 12.7. The van der Waals surface area contributed by atoms with E-state index in [1.54, 1.807) is 12.1 Å². The summed E-state index contributed by atoms with van der Waals surface area (Å²) in [6.45, 7) is 9.98. The monoisotopic (exact) mass is 298 g/mol. The summed E-state index contributed by atoms with van der Waals surface area (Å²) >= 11 is 1.87. The average molecular weight is 298 g/mol. The fraction of sp³-hybridized carbons (Fsp3) is 0.533. The van der Waals surface area contributed by atoms with Gasteiger partial charge in [-0.3, -0.25) is 4.79 Å². The Balaban J connectivity index is 2.65. The molecule has 0 bridgehead atoms. The lowest BCUT2D eigenvalue weighted by Gasteiger charge is -2.22. The normalized spacial score (nSPS) is 12.9. The third-order valence-corrected chi connectivity index (χ3v) is 3.99. The van der Waals surface area contributed by atoms with E-state index in [-0.39, 0.29) is 22.4 Å². The molecule has 1 aromatic carbocycles. The minimum Gasteiger partial charge on any atom is -0.382 e. The van der Waals surface area contributed by atoms with Crippen LogP contribution in [-0.2, 0) is 4.79 Å². The summed E-state index contributed by atoms with van der Waals surface area (Å²) in [4.78, 5) is 11.0. The van der Waals surface area contributed by atoms with Crippen molar-refractivity contribution in [3.8, 4) is 0 Å². The molecule has 1 rings (SSSR count). The van der Waals surface area contributed by atoms with Crippen LogP contribution in [0.5, 0.6) is 0 Å². The summed E-state index contributed by atoms with van der Waals surface area (Å²) in [5.74, 6) is 0.246. The largest absolute Gasteiger partial charge is 0.382 e. The van der Waals surface area contributed by atoms with Crippen LogP contribution < -0.4 is 10.6 Å². The lowest BCUT2D eigenvalue weighted by molar-refractivity contribution is -0.114. The standard InChI is InChI=1S/C15H23FN2OS/c1-10(9-20-15(3,4)5)17-12-6-7-13(16)14(8-12)18-11(2)19/h6-8,10,17H,9H2,1-5H3,(H,18,19). The van der Waals surface area contributed by atoms with Gasteiger partial charge in [-0.25, -0.2) is 4.39 Å². The topological polar surface area (TPSA) is 41.1 Å². The molecule has 0 fully saturated rings. The molecule has 1 unspecified atom stereocenters. The highest BCUT2D eigenvalue weighted by atomic mass is 32.2. The van der Waals surface area contributed by atoms with Gasteiger partial charge in [0.1, 0.15) is 5.82 Å². The Morgan fingerprint density at radius 3 is 2.60 bits per heavy atom. The maximum atomic E-state index is 13.5. The first-order valence-corrected chi connectivity index (χ1v) is 7.63.